The Balaban J connectivity index is 1.40. The minimum Gasteiger partial charge on any atom is -0.365 e. The zero-order valence-electron chi connectivity index (χ0n) is 15.1. The molecule has 134 valence electrons. The average molecular weight is 341 g/mol. The van der Waals surface area contributed by atoms with E-state index in [1.54, 1.807) is 0 Å². The van der Waals surface area contributed by atoms with Gasteiger partial charge in [-0.15, -0.1) is 0 Å². The summed E-state index contributed by atoms with van der Waals surface area (Å²) >= 11 is 0. The van der Waals surface area contributed by atoms with Crippen LogP contribution in [0.5, 0.6) is 0 Å². The molecule has 0 atom stereocenters. The van der Waals surface area contributed by atoms with Gasteiger partial charge in [0.1, 0.15) is 0 Å². The van der Waals surface area contributed by atoms with E-state index in [-0.39, 0.29) is 6.03 Å². The van der Waals surface area contributed by atoms with Crippen molar-refractivity contribution in [3.05, 3.63) is 47.3 Å². The van der Waals surface area contributed by atoms with E-state index >= 15 is 0 Å². The normalized spacial score (nSPS) is 14.6. The Kier molecular flexibility index (Phi) is 5.58. The molecule has 1 aromatic heterocycles. The number of anilines is 1. The number of aromatic nitrogens is 2. The Morgan fingerprint density at radius 1 is 1.16 bits per heavy atom. The second kappa shape index (κ2) is 8.05. The fraction of sp³-hybridized carbons (Fsp3) is 0.474. The summed E-state index contributed by atoms with van der Waals surface area (Å²) in [6, 6.07) is 10.4. The van der Waals surface area contributed by atoms with Crippen LogP contribution in [0.15, 0.2) is 30.3 Å². The molecule has 0 bridgehead atoms. The number of aromatic amines is 1. The summed E-state index contributed by atoms with van der Waals surface area (Å²) in [5.74, 6) is 0. The van der Waals surface area contributed by atoms with Gasteiger partial charge in [0.2, 0.25) is 0 Å². The first-order valence-corrected chi connectivity index (χ1v) is 8.98. The van der Waals surface area contributed by atoms with Gasteiger partial charge in [-0.25, -0.2) is 4.79 Å². The van der Waals surface area contributed by atoms with E-state index in [0.717, 1.165) is 50.4 Å². The maximum absolute atomic E-state index is 12.3. The lowest BCUT2D eigenvalue weighted by Gasteiger charge is -2.36. The highest BCUT2D eigenvalue weighted by molar-refractivity contribution is 5.74. The molecule has 2 aromatic rings. The molecule has 6 nitrogen and oxygen atoms in total. The molecule has 2 amide bonds. The highest BCUT2D eigenvalue weighted by atomic mass is 16.2. The van der Waals surface area contributed by atoms with Gasteiger partial charge in [0, 0.05) is 32.7 Å². The predicted molar refractivity (Wildman–Crippen MR) is 100 cm³/mol. The predicted octanol–water partition coefficient (Wildman–Crippen LogP) is 2.49. The Morgan fingerprint density at radius 2 is 1.88 bits per heavy atom. The number of H-pyrrole nitrogens is 1. The Morgan fingerprint density at radius 3 is 2.52 bits per heavy atom. The number of aryl methyl sites for hydroxylation is 3. The highest BCUT2D eigenvalue weighted by Gasteiger charge is 2.23. The second-order valence-electron chi connectivity index (χ2n) is 6.58. The van der Waals surface area contributed by atoms with E-state index < -0.39 is 0 Å². The lowest BCUT2D eigenvalue weighted by atomic mass is 10.1. The number of urea groups is 1. The molecule has 6 heteroatoms. The summed E-state index contributed by atoms with van der Waals surface area (Å²) in [5, 5.41) is 10.3. The maximum atomic E-state index is 12.3. The van der Waals surface area contributed by atoms with Crippen LogP contribution in [0.25, 0.3) is 0 Å². The zero-order valence-corrected chi connectivity index (χ0v) is 15.1. The minimum absolute atomic E-state index is 0.0494. The van der Waals surface area contributed by atoms with Gasteiger partial charge in [-0.1, -0.05) is 30.3 Å². The van der Waals surface area contributed by atoms with Gasteiger partial charge >= 0.3 is 6.03 Å². The number of carbonyl (C=O) groups excluding carboxylic acids is 1. The molecule has 1 aliphatic heterocycles. The number of amides is 2. The number of carbonyl (C=O) groups is 1. The van der Waals surface area contributed by atoms with Crippen molar-refractivity contribution < 1.29 is 4.79 Å². The summed E-state index contributed by atoms with van der Waals surface area (Å²) in [6.45, 7) is 7.96. The molecular weight excluding hydrogens is 314 g/mol. The third kappa shape index (κ3) is 4.32. The first-order chi connectivity index (χ1) is 12.1. The van der Waals surface area contributed by atoms with Crippen molar-refractivity contribution in [3.8, 4) is 0 Å². The van der Waals surface area contributed by atoms with Gasteiger partial charge in [-0.2, -0.15) is 5.10 Å². The maximum Gasteiger partial charge on any atom is 0.317 e. The summed E-state index contributed by atoms with van der Waals surface area (Å²) < 4.78 is 0. The third-order valence-corrected chi connectivity index (χ3v) is 4.73. The van der Waals surface area contributed by atoms with E-state index in [4.69, 9.17) is 0 Å². The van der Waals surface area contributed by atoms with Crippen LogP contribution in [0.3, 0.4) is 0 Å². The van der Waals surface area contributed by atoms with Crippen LogP contribution in [0.1, 0.15) is 23.4 Å². The molecule has 25 heavy (non-hydrogen) atoms. The van der Waals surface area contributed by atoms with Gasteiger partial charge in [-0.05, 0) is 32.3 Å². The lowest BCUT2D eigenvalue weighted by molar-refractivity contribution is 0.194. The van der Waals surface area contributed by atoms with Crippen LogP contribution in [-0.2, 0) is 6.42 Å². The van der Waals surface area contributed by atoms with Crippen molar-refractivity contribution in [2.75, 3.05) is 37.6 Å². The molecule has 1 aliphatic rings. The molecule has 1 fully saturated rings. The summed E-state index contributed by atoms with van der Waals surface area (Å²) in [4.78, 5) is 16.5. The molecule has 0 unspecified atom stereocenters. The fourth-order valence-corrected chi connectivity index (χ4v) is 3.39. The SMILES string of the molecule is Cc1n[nH]c(C)c1N1CCN(C(=O)NCCCc2ccccc2)CC1. The first kappa shape index (κ1) is 17.3. The molecule has 3 rings (SSSR count). The van der Waals surface area contributed by atoms with Gasteiger partial charge in [0.15, 0.2) is 0 Å². The second-order valence-corrected chi connectivity index (χ2v) is 6.58. The van der Waals surface area contributed by atoms with E-state index in [0.29, 0.717) is 6.54 Å². The van der Waals surface area contributed by atoms with Crippen molar-refractivity contribution in [2.24, 2.45) is 0 Å². The van der Waals surface area contributed by atoms with E-state index in [1.165, 1.54) is 11.3 Å². The number of benzene rings is 1. The smallest absolute Gasteiger partial charge is 0.317 e. The largest absolute Gasteiger partial charge is 0.365 e. The van der Waals surface area contributed by atoms with Crippen molar-refractivity contribution in [1.82, 2.24) is 20.4 Å². The quantitative estimate of drug-likeness (QED) is 0.821. The van der Waals surface area contributed by atoms with Crippen LogP contribution in [0, 0.1) is 13.8 Å². The number of piperazine rings is 1. The molecule has 0 spiro atoms. The Labute approximate surface area is 149 Å². The van der Waals surface area contributed by atoms with E-state index in [9.17, 15) is 4.79 Å². The summed E-state index contributed by atoms with van der Waals surface area (Å²) in [5.41, 5.74) is 4.62. The van der Waals surface area contributed by atoms with Gasteiger partial charge in [0.05, 0.1) is 17.1 Å². The first-order valence-electron chi connectivity index (χ1n) is 8.98. The van der Waals surface area contributed by atoms with Crippen LogP contribution in [0.4, 0.5) is 10.5 Å². The molecule has 0 radical (unpaired) electrons. The fourth-order valence-electron chi connectivity index (χ4n) is 3.39. The summed E-state index contributed by atoms with van der Waals surface area (Å²) in [6.07, 6.45) is 1.96. The van der Waals surface area contributed by atoms with Crippen LogP contribution in [0.2, 0.25) is 0 Å². The molecule has 1 aromatic carbocycles. The highest BCUT2D eigenvalue weighted by Crippen LogP contribution is 2.23. The number of hydrogen-bond acceptors (Lipinski definition) is 3. The lowest BCUT2D eigenvalue weighted by Crippen LogP contribution is -2.52. The Hall–Kier alpha value is -2.50. The minimum atomic E-state index is 0.0494. The molecule has 0 saturated carbocycles. The van der Waals surface area contributed by atoms with Crippen molar-refractivity contribution in [1.29, 1.82) is 0 Å². The van der Waals surface area contributed by atoms with E-state index in [2.05, 4.69) is 44.7 Å². The van der Waals surface area contributed by atoms with Crippen molar-refractivity contribution in [2.45, 2.75) is 26.7 Å². The number of rotatable bonds is 5. The van der Waals surface area contributed by atoms with Gasteiger partial charge in [-0.3, -0.25) is 5.10 Å². The topological polar surface area (TPSA) is 64.3 Å². The van der Waals surface area contributed by atoms with Gasteiger partial charge in [0.25, 0.3) is 0 Å². The third-order valence-electron chi connectivity index (χ3n) is 4.73. The zero-order chi connectivity index (χ0) is 17.6. The number of nitrogens with zero attached hydrogens (tertiary/aromatic N) is 3. The molecule has 2 heterocycles. The van der Waals surface area contributed by atoms with E-state index in [1.807, 2.05) is 24.8 Å². The standard InChI is InChI=1S/C19H27N5O/c1-15-18(16(2)22-21-15)23-11-13-24(14-12-23)19(25)20-10-6-9-17-7-4-3-5-8-17/h3-5,7-8H,6,9-14H2,1-2H3,(H,20,25)(H,21,22). The monoisotopic (exact) mass is 341 g/mol. The van der Waals surface area contributed by atoms with Crippen LogP contribution < -0.4 is 10.2 Å². The average Bonchev–Trinajstić information content (AvgIpc) is 2.98. The molecule has 2 N–H and O–H groups in total. The number of hydrogen-bond donors (Lipinski definition) is 2. The van der Waals surface area contributed by atoms with Crippen molar-refractivity contribution >= 4 is 11.7 Å². The molecular formula is C19H27N5O. The number of nitrogens with one attached hydrogen (secondary N) is 2. The van der Waals surface area contributed by atoms with Gasteiger partial charge < -0.3 is 15.1 Å². The molecule has 1 saturated heterocycles. The van der Waals surface area contributed by atoms with Crippen LogP contribution >= 0.6 is 0 Å². The van der Waals surface area contributed by atoms with Crippen LogP contribution in [-0.4, -0.2) is 53.9 Å². The summed E-state index contributed by atoms with van der Waals surface area (Å²) in [7, 11) is 0. The Bertz CT molecular complexity index is 670. The van der Waals surface area contributed by atoms with Crippen molar-refractivity contribution in [3.63, 3.8) is 0 Å². The molecule has 0 aliphatic carbocycles.